The number of carbonyl (C=O) groups is 1. The van der Waals surface area contributed by atoms with Gasteiger partial charge in [0.05, 0.1) is 26.3 Å². The molecule has 0 radical (unpaired) electrons. The molecule has 5 nitrogen and oxygen atoms in total. The number of halogens is 1. The van der Waals surface area contributed by atoms with Crippen LogP contribution < -0.4 is 14.4 Å². The van der Waals surface area contributed by atoms with Crippen LogP contribution in [0.3, 0.4) is 0 Å². The fourth-order valence-electron chi connectivity index (χ4n) is 3.13. The first-order valence-corrected chi connectivity index (χ1v) is 8.60. The number of hydrogen-bond donors (Lipinski definition) is 0. The third-order valence-corrected chi connectivity index (χ3v) is 4.63. The summed E-state index contributed by atoms with van der Waals surface area (Å²) in [7, 11) is 3.28. The van der Waals surface area contributed by atoms with Gasteiger partial charge in [-0.3, -0.25) is 4.79 Å². The van der Waals surface area contributed by atoms with Crippen LogP contribution >= 0.6 is 0 Å². The monoisotopic (exact) mass is 358 g/mol. The summed E-state index contributed by atoms with van der Waals surface area (Å²) in [5.41, 5.74) is 1.80. The third-order valence-electron chi connectivity index (χ3n) is 4.63. The smallest absolute Gasteiger partial charge is 0.227 e. The van der Waals surface area contributed by atoms with Gasteiger partial charge in [0.25, 0.3) is 0 Å². The van der Waals surface area contributed by atoms with Crippen LogP contribution in [-0.4, -0.2) is 51.2 Å². The molecule has 1 saturated heterocycles. The highest BCUT2D eigenvalue weighted by Crippen LogP contribution is 2.32. The third kappa shape index (κ3) is 4.07. The van der Waals surface area contributed by atoms with E-state index < -0.39 is 0 Å². The summed E-state index contributed by atoms with van der Waals surface area (Å²) in [6.07, 6.45) is 0.294. The zero-order valence-electron chi connectivity index (χ0n) is 15.1. The Balaban J connectivity index is 1.62. The minimum absolute atomic E-state index is 0.0638. The first-order valence-electron chi connectivity index (χ1n) is 8.60. The highest BCUT2D eigenvalue weighted by molar-refractivity contribution is 5.79. The number of benzene rings is 2. The van der Waals surface area contributed by atoms with Gasteiger partial charge in [-0.05, 0) is 29.8 Å². The maximum Gasteiger partial charge on any atom is 0.227 e. The van der Waals surface area contributed by atoms with Crippen molar-refractivity contribution in [3.8, 4) is 11.5 Å². The molecule has 0 unspecified atom stereocenters. The molecule has 26 heavy (non-hydrogen) atoms. The van der Waals surface area contributed by atoms with Crippen LogP contribution in [0.4, 0.5) is 10.1 Å². The number of amides is 1. The molecule has 0 aromatic heterocycles. The average Bonchev–Trinajstić information content (AvgIpc) is 2.69. The quantitative estimate of drug-likeness (QED) is 0.824. The number of methoxy groups -OCH3 is 2. The lowest BCUT2D eigenvalue weighted by Gasteiger charge is -2.36. The highest BCUT2D eigenvalue weighted by Gasteiger charge is 2.23. The van der Waals surface area contributed by atoms with Gasteiger partial charge < -0.3 is 19.3 Å². The lowest BCUT2D eigenvalue weighted by atomic mass is 10.1. The van der Waals surface area contributed by atoms with Crippen molar-refractivity contribution in [3.63, 3.8) is 0 Å². The maximum absolute atomic E-state index is 13.0. The van der Waals surface area contributed by atoms with Gasteiger partial charge in [0.1, 0.15) is 17.3 Å². The summed E-state index contributed by atoms with van der Waals surface area (Å²) in [5, 5.41) is 0. The zero-order chi connectivity index (χ0) is 18.5. The van der Waals surface area contributed by atoms with Crippen LogP contribution in [0.2, 0.25) is 0 Å². The predicted molar refractivity (Wildman–Crippen MR) is 98.4 cm³/mol. The zero-order valence-corrected chi connectivity index (χ0v) is 15.1. The Morgan fingerprint density at radius 3 is 2.31 bits per heavy atom. The van der Waals surface area contributed by atoms with E-state index in [0.717, 1.165) is 35.8 Å². The summed E-state index contributed by atoms with van der Waals surface area (Å²) in [5.74, 6) is 1.34. The molecule has 1 aliphatic rings. The van der Waals surface area contributed by atoms with Crippen LogP contribution in [0.15, 0.2) is 42.5 Å². The summed E-state index contributed by atoms with van der Waals surface area (Å²) in [4.78, 5) is 16.5. The van der Waals surface area contributed by atoms with E-state index in [4.69, 9.17) is 9.47 Å². The molecule has 1 fully saturated rings. The number of ether oxygens (including phenoxy) is 2. The molecule has 0 bridgehead atoms. The van der Waals surface area contributed by atoms with E-state index in [0.29, 0.717) is 19.5 Å². The van der Waals surface area contributed by atoms with Crippen LogP contribution in [-0.2, 0) is 11.2 Å². The number of anilines is 1. The Bertz CT molecular complexity index is 756. The van der Waals surface area contributed by atoms with E-state index in [1.807, 2.05) is 23.1 Å². The van der Waals surface area contributed by atoms with E-state index in [2.05, 4.69) is 4.90 Å². The van der Waals surface area contributed by atoms with Crippen molar-refractivity contribution in [2.24, 2.45) is 0 Å². The van der Waals surface area contributed by atoms with E-state index in [9.17, 15) is 9.18 Å². The minimum atomic E-state index is -0.290. The maximum atomic E-state index is 13.0. The molecule has 2 aromatic carbocycles. The molecule has 3 rings (SSSR count). The lowest BCUT2D eigenvalue weighted by Crippen LogP contribution is -2.49. The molecule has 2 aromatic rings. The molecular weight excluding hydrogens is 335 g/mol. The van der Waals surface area contributed by atoms with Gasteiger partial charge >= 0.3 is 0 Å². The van der Waals surface area contributed by atoms with Gasteiger partial charge in [0.15, 0.2) is 0 Å². The molecule has 0 atom stereocenters. The predicted octanol–water partition coefficient (Wildman–Crippen LogP) is 2.73. The molecule has 6 heteroatoms. The molecule has 0 aliphatic carbocycles. The standard InChI is InChI=1S/C20H23FN2O3/c1-25-17-7-8-19(26-2)18(14-17)22-9-11-23(12-10-22)20(24)13-15-3-5-16(21)6-4-15/h3-8,14H,9-13H2,1-2H3. The summed E-state index contributed by atoms with van der Waals surface area (Å²) in [6, 6.07) is 11.8. The van der Waals surface area contributed by atoms with Gasteiger partial charge in [0, 0.05) is 32.2 Å². The lowest BCUT2D eigenvalue weighted by molar-refractivity contribution is -0.130. The first-order chi connectivity index (χ1) is 12.6. The highest BCUT2D eigenvalue weighted by atomic mass is 19.1. The number of rotatable bonds is 5. The largest absolute Gasteiger partial charge is 0.497 e. The SMILES string of the molecule is COc1ccc(OC)c(N2CCN(C(=O)Cc3ccc(F)cc3)CC2)c1. The Morgan fingerprint density at radius 2 is 1.69 bits per heavy atom. The average molecular weight is 358 g/mol. The Labute approximate surface area is 152 Å². The van der Waals surface area contributed by atoms with Crippen molar-refractivity contribution in [1.29, 1.82) is 0 Å². The Morgan fingerprint density at radius 1 is 1.00 bits per heavy atom. The second kappa shape index (κ2) is 8.08. The molecule has 138 valence electrons. The normalized spacial score (nSPS) is 14.3. The second-order valence-corrected chi connectivity index (χ2v) is 6.21. The van der Waals surface area contributed by atoms with Crippen LogP contribution in [0.5, 0.6) is 11.5 Å². The fraction of sp³-hybridized carbons (Fsp3) is 0.350. The van der Waals surface area contributed by atoms with Crippen LogP contribution in [0.25, 0.3) is 0 Å². The molecule has 0 saturated carbocycles. The number of carbonyl (C=O) groups excluding carboxylic acids is 1. The molecule has 0 spiro atoms. The number of hydrogen-bond acceptors (Lipinski definition) is 4. The van der Waals surface area contributed by atoms with E-state index in [-0.39, 0.29) is 11.7 Å². The topological polar surface area (TPSA) is 42.0 Å². The van der Waals surface area contributed by atoms with E-state index >= 15 is 0 Å². The number of piperazine rings is 1. The van der Waals surface area contributed by atoms with Gasteiger partial charge in [-0.1, -0.05) is 12.1 Å². The van der Waals surface area contributed by atoms with Crippen molar-refractivity contribution in [2.45, 2.75) is 6.42 Å². The van der Waals surface area contributed by atoms with Gasteiger partial charge in [0.2, 0.25) is 5.91 Å². The summed E-state index contributed by atoms with van der Waals surface area (Å²) in [6.45, 7) is 2.72. The van der Waals surface area contributed by atoms with Gasteiger partial charge in [-0.15, -0.1) is 0 Å². The summed E-state index contributed by atoms with van der Waals surface area (Å²) < 4.78 is 23.7. The molecule has 1 amide bonds. The minimum Gasteiger partial charge on any atom is -0.497 e. The molecule has 1 aliphatic heterocycles. The summed E-state index contributed by atoms with van der Waals surface area (Å²) >= 11 is 0. The van der Waals surface area contributed by atoms with Crippen LogP contribution in [0, 0.1) is 5.82 Å². The van der Waals surface area contributed by atoms with Gasteiger partial charge in [-0.2, -0.15) is 0 Å². The fourth-order valence-corrected chi connectivity index (χ4v) is 3.13. The van der Waals surface area contributed by atoms with Crippen molar-refractivity contribution >= 4 is 11.6 Å². The van der Waals surface area contributed by atoms with Crippen molar-refractivity contribution < 1.29 is 18.7 Å². The Hall–Kier alpha value is -2.76. The molecule has 0 N–H and O–H groups in total. The van der Waals surface area contributed by atoms with Crippen molar-refractivity contribution in [1.82, 2.24) is 4.90 Å². The molecular formula is C20H23FN2O3. The number of nitrogens with zero attached hydrogens (tertiary/aromatic N) is 2. The Kier molecular flexibility index (Phi) is 5.61. The molecule has 1 heterocycles. The van der Waals surface area contributed by atoms with Crippen molar-refractivity contribution in [3.05, 3.63) is 53.8 Å². The second-order valence-electron chi connectivity index (χ2n) is 6.21. The van der Waals surface area contributed by atoms with Crippen molar-refractivity contribution in [2.75, 3.05) is 45.3 Å². The first kappa shape index (κ1) is 18.0. The van der Waals surface area contributed by atoms with Gasteiger partial charge in [-0.25, -0.2) is 4.39 Å². The van der Waals surface area contributed by atoms with Crippen LogP contribution in [0.1, 0.15) is 5.56 Å². The van der Waals surface area contributed by atoms with E-state index in [1.165, 1.54) is 12.1 Å². The van der Waals surface area contributed by atoms with E-state index in [1.54, 1.807) is 26.4 Å².